The lowest BCUT2D eigenvalue weighted by Gasteiger charge is -2.31. The summed E-state index contributed by atoms with van der Waals surface area (Å²) < 4.78 is 17.3. The van der Waals surface area contributed by atoms with Gasteiger partial charge >= 0.3 is 17.9 Å². The minimum absolute atomic E-state index is 0.0549. The number of rotatable bonds is 41. The van der Waals surface area contributed by atoms with Crippen molar-refractivity contribution in [3.8, 4) is 0 Å². The van der Waals surface area contributed by atoms with E-state index in [1.807, 2.05) is 21.1 Å². The van der Waals surface area contributed by atoms with Crippen LogP contribution >= 0.6 is 0 Å². The number of carboxylic acids is 1. The van der Waals surface area contributed by atoms with Crippen LogP contribution in [0, 0.1) is 0 Å². The van der Waals surface area contributed by atoms with Gasteiger partial charge in [0.05, 0.1) is 34.4 Å². The van der Waals surface area contributed by atoms with Crippen LogP contribution < -0.4 is 0 Å². The zero-order valence-corrected chi connectivity index (χ0v) is 36.6. The Kier molecular flexibility index (Phi) is 37.1. The van der Waals surface area contributed by atoms with E-state index in [9.17, 15) is 19.5 Å². The Hall–Kier alpha value is -2.19. The van der Waals surface area contributed by atoms with Crippen LogP contribution in [0.4, 0.5) is 0 Å². The van der Waals surface area contributed by atoms with Crippen molar-refractivity contribution in [2.24, 2.45) is 0 Å². The SMILES string of the molecule is CCCCCCCCC/C=C/C=C/CCCCCCCC(=O)OCC(COCCC(C(=O)O)[N+](C)(C)C)OC(=O)CCCCCCCCCCCCCCC. The van der Waals surface area contributed by atoms with Gasteiger partial charge in [-0.15, -0.1) is 0 Å². The number of carboxylic acid groups (broad SMARTS) is 1. The molecule has 2 unspecified atom stereocenters. The minimum atomic E-state index is -0.875. The Morgan fingerprint density at radius 2 is 0.945 bits per heavy atom. The molecule has 322 valence electrons. The van der Waals surface area contributed by atoms with Crippen LogP contribution in [0.3, 0.4) is 0 Å². The van der Waals surface area contributed by atoms with Gasteiger partial charge in [-0.2, -0.15) is 0 Å². The van der Waals surface area contributed by atoms with Crippen LogP contribution in [0.25, 0.3) is 0 Å². The standard InChI is InChI=1S/C47H87NO7/c1-6-8-10-12-14-16-18-20-21-22-23-24-26-27-29-31-33-35-37-45(49)54-42-43(41-53-40-39-44(47(51)52)48(3,4)5)55-46(50)38-36-34-32-30-28-25-19-17-15-13-11-9-7-2/h21-24,43-44H,6-20,25-42H2,1-5H3/p+1/b22-21+,24-23+. The second-order valence-corrected chi connectivity index (χ2v) is 16.7. The minimum Gasteiger partial charge on any atom is -0.477 e. The summed E-state index contributed by atoms with van der Waals surface area (Å²) in [5.41, 5.74) is 0. The average Bonchev–Trinajstić information content (AvgIpc) is 3.14. The zero-order valence-electron chi connectivity index (χ0n) is 36.6. The summed E-state index contributed by atoms with van der Waals surface area (Å²) in [5.74, 6) is -1.48. The van der Waals surface area contributed by atoms with E-state index in [1.165, 1.54) is 116 Å². The molecular formula is C47H88NO7+. The average molecular weight is 779 g/mol. The molecule has 0 rings (SSSR count). The lowest BCUT2D eigenvalue weighted by molar-refractivity contribution is -0.887. The molecule has 2 atom stereocenters. The summed E-state index contributed by atoms with van der Waals surface area (Å²) in [4.78, 5) is 37.0. The fraction of sp³-hybridized carbons (Fsp3) is 0.851. The molecule has 0 aliphatic rings. The summed E-state index contributed by atoms with van der Waals surface area (Å²) in [6.45, 7) is 4.73. The van der Waals surface area contributed by atoms with Gasteiger partial charge in [0.15, 0.2) is 12.1 Å². The normalized spacial score (nSPS) is 13.1. The van der Waals surface area contributed by atoms with E-state index >= 15 is 0 Å². The summed E-state index contributed by atoms with van der Waals surface area (Å²) in [7, 11) is 5.53. The van der Waals surface area contributed by atoms with E-state index in [-0.39, 0.29) is 36.2 Å². The molecule has 0 bridgehead atoms. The smallest absolute Gasteiger partial charge is 0.362 e. The van der Waals surface area contributed by atoms with Gasteiger partial charge in [-0.3, -0.25) is 9.59 Å². The van der Waals surface area contributed by atoms with Crippen LogP contribution in [0.5, 0.6) is 0 Å². The molecule has 0 radical (unpaired) electrons. The first-order valence-electron chi connectivity index (χ1n) is 22.9. The zero-order chi connectivity index (χ0) is 40.7. The highest BCUT2D eigenvalue weighted by molar-refractivity contribution is 5.72. The number of hydrogen-bond acceptors (Lipinski definition) is 6. The van der Waals surface area contributed by atoms with Crippen LogP contribution in [-0.2, 0) is 28.6 Å². The van der Waals surface area contributed by atoms with Crippen LogP contribution in [0.1, 0.15) is 206 Å². The van der Waals surface area contributed by atoms with E-state index in [0.717, 1.165) is 57.8 Å². The number of carbonyl (C=O) groups excluding carboxylic acids is 2. The molecule has 0 spiro atoms. The van der Waals surface area contributed by atoms with Gasteiger partial charge in [-0.1, -0.05) is 173 Å². The maximum Gasteiger partial charge on any atom is 0.362 e. The first-order valence-corrected chi connectivity index (χ1v) is 22.9. The molecule has 55 heavy (non-hydrogen) atoms. The molecule has 0 aliphatic heterocycles. The van der Waals surface area contributed by atoms with Crippen molar-refractivity contribution in [2.45, 2.75) is 219 Å². The molecule has 0 aromatic rings. The molecule has 0 aromatic heterocycles. The molecule has 0 aliphatic carbocycles. The van der Waals surface area contributed by atoms with E-state index in [0.29, 0.717) is 19.3 Å². The van der Waals surface area contributed by atoms with Gasteiger partial charge in [0, 0.05) is 19.3 Å². The second kappa shape index (κ2) is 38.7. The maximum absolute atomic E-state index is 12.7. The third kappa shape index (κ3) is 37.2. The predicted octanol–water partition coefficient (Wildman–Crippen LogP) is 12.5. The van der Waals surface area contributed by atoms with E-state index < -0.39 is 18.1 Å². The molecule has 8 heteroatoms. The molecule has 0 heterocycles. The number of carbonyl (C=O) groups is 3. The molecule has 1 N–H and O–H groups in total. The molecule has 0 aromatic carbocycles. The Balaban J connectivity index is 4.32. The largest absolute Gasteiger partial charge is 0.477 e. The third-order valence-electron chi connectivity index (χ3n) is 10.4. The quantitative estimate of drug-likeness (QED) is 0.0285. The number of aliphatic carboxylic acids is 1. The van der Waals surface area contributed by atoms with Gasteiger partial charge in [0.2, 0.25) is 0 Å². The number of nitrogens with zero attached hydrogens (tertiary/aromatic N) is 1. The second-order valence-electron chi connectivity index (χ2n) is 16.7. The van der Waals surface area contributed by atoms with E-state index in [1.54, 1.807) is 0 Å². The summed E-state index contributed by atoms with van der Waals surface area (Å²) in [5, 5.41) is 9.62. The van der Waals surface area contributed by atoms with E-state index in [4.69, 9.17) is 14.2 Å². The Labute approximate surface area is 339 Å². The third-order valence-corrected chi connectivity index (χ3v) is 10.4. The van der Waals surface area contributed by atoms with Crippen molar-refractivity contribution < 1.29 is 38.2 Å². The lowest BCUT2D eigenvalue weighted by atomic mass is 10.0. The summed E-state index contributed by atoms with van der Waals surface area (Å²) >= 11 is 0. The first kappa shape index (κ1) is 52.8. The molecule has 0 amide bonds. The first-order chi connectivity index (χ1) is 26.6. The summed E-state index contributed by atoms with van der Waals surface area (Å²) in [6.07, 6.45) is 42.1. The number of unbranched alkanes of at least 4 members (excludes halogenated alkanes) is 24. The van der Waals surface area contributed by atoms with Gasteiger partial charge < -0.3 is 23.8 Å². The lowest BCUT2D eigenvalue weighted by Crippen LogP contribution is -2.50. The van der Waals surface area contributed by atoms with E-state index in [2.05, 4.69) is 38.2 Å². The fourth-order valence-corrected chi connectivity index (χ4v) is 6.79. The monoisotopic (exact) mass is 779 g/mol. The van der Waals surface area contributed by atoms with Crippen molar-refractivity contribution in [1.29, 1.82) is 0 Å². The Bertz CT molecular complexity index is 957. The highest BCUT2D eigenvalue weighted by atomic mass is 16.6. The number of ether oxygens (including phenoxy) is 3. The number of allylic oxidation sites excluding steroid dienone is 4. The number of quaternary nitrogens is 1. The highest BCUT2D eigenvalue weighted by Crippen LogP contribution is 2.15. The van der Waals surface area contributed by atoms with Crippen LogP contribution in [0.2, 0.25) is 0 Å². The fourth-order valence-electron chi connectivity index (χ4n) is 6.79. The Morgan fingerprint density at radius 1 is 0.545 bits per heavy atom. The van der Waals surface area contributed by atoms with Gasteiger partial charge in [0.25, 0.3) is 0 Å². The molecule has 8 nitrogen and oxygen atoms in total. The van der Waals surface area contributed by atoms with Crippen LogP contribution in [-0.4, -0.2) is 80.6 Å². The highest BCUT2D eigenvalue weighted by Gasteiger charge is 2.31. The maximum atomic E-state index is 12.7. The van der Waals surface area contributed by atoms with Crippen molar-refractivity contribution in [2.75, 3.05) is 41.0 Å². The number of hydrogen-bond donors (Lipinski definition) is 1. The predicted molar refractivity (Wildman–Crippen MR) is 229 cm³/mol. The topological polar surface area (TPSA) is 99.1 Å². The van der Waals surface area contributed by atoms with Gasteiger partial charge in [-0.25, -0.2) is 4.79 Å². The molecule has 0 fully saturated rings. The van der Waals surface area contributed by atoms with Crippen molar-refractivity contribution in [3.63, 3.8) is 0 Å². The van der Waals surface area contributed by atoms with Crippen molar-refractivity contribution in [1.82, 2.24) is 0 Å². The van der Waals surface area contributed by atoms with Crippen molar-refractivity contribution >= 4 is 17.9 Å². The van der Waals surface area contributed by atoms with Crippen LogP contribution in [0.15, 0.2) is 24.3 Å². The number of esters is 2. The Morgan fingerprint density at radius 3 is 1.36 bits per heavy atom. The molecule has 0 saturated carbocycles. The summed E-state index contributed by atoms with van der Waals surface area (Å²) in [6, 6.07) is -0.614. The van der Waals surface area contributed by atoms with Gasteiger partial charge in [-0.05, 0) is 38.5 Å². The van der Waals surface area contributed by atoms with Gasteiger partial charge in [0.1, 0.15) is 6.61 Å². The molecule has 0 saturated heterocycles. The van der Waals surface area contributed by atoms with Crippen molar-refractivity contribution in [3.05, 3.63) is 24.3 Å². The number of likely N-dealkylation sites (N-methyl/N-ethyl adjacent to an activating group) is 1. The molecular weight excluding hydrogens is 691 g/mol.